The van der Waals surface area contributed by atoms with E-state index in [0.717, 1.165) is 5.56 Å². The summed E-state index contributed by atoms with van der Waals surface area (Å²) >= 11 is 1.35. The number of tetrazole rings is 1. The van der Waals surface area contributed by atoms with Crippen LogP contribution in [0.15, 0.2) is 41.8 Å². The lowest BCUT2D eigenvalue weighted by Gasteiger charge is -2.06. The summed E-state index contributed by atoms with van der Waals surface area (Å²) in [5.41, 5.74) is 1.24. The van der Waals surface area contributed by atoms with E-state index >= 15 is 0 Å². The summed E-state index contributed by atoms with van der Waals surface area (Å²) in [4.78, 5) is 8.41. The molecule has 0 radical (unpaired) electrons. The average molecular weight is 342 g/mol. The first-order valence-electron chi connectivity index (χ1n) is 7.05. The van der Waals surface area contributed by atoms with Crippen LogP contribution in [0.25, 0.3) is 11.5 Å². The summed E-state index contributed by atoms with van der Waals surface area (Å²) in [6.45, 7) is 1.88. The molecule has 4 rings (SSSR count). The number of aromatic nitrogens is 8. The van der Waals surface area contributed by atoms with E-state index in [1.807, 2.05) is 6.92 Å². The van der Waals surface area contributed by atoms with Gasteiger partial charge in [0.15, 0.2) is 5.82 Å². The molecule has 0 aliphatic carbocycles. The Kier molecular flexibility index (Phi) is 3.65. The van der Waals surface area contributed by atoms with Gasteiger partial charge in [0.05, 0.1) is 5.75 Å². The van der Waals surface area contributed by atoms with Crippen LogP contribution in [0.4, 0.5) is 4.39 Å². The van der Waals surface area contributed by atoms with Gasteiger partial charge in [-0.05, 0) is 41.1 Å². The third-order valence-electron chi connectivity index (χ3n) is 3.29. The molecule has 3 aromatic heterocycles. The molecule has 120 valence electrons. The van der Waals surface area contributed by atoms with E-state index in [-0.39, 0.29) is 5.82 Å². The molecule has 0 unspecified atom stereocenters. The van der Waals surface area contributed by atoms with Gasteiger partial charge in [0.25, 0.3) is 5.78 Å². The minimum absolute atomic E-state index is 0.320. The molecule has 0 bridgehead atoms. The van der Waals surface area contributed by atoms with Crippen molar-refractivity contribution < 1.29 is 4.39 Å². The SMILES string of the molecule is Cc1ccc(F)c(-n2nnnc2CSc2nc3ncccn3n2)c1. The molecule has 0 fully saturated rings. The molecule has 1 aromatic carbocycles. The van der Waals surface area contributed by atoms with Crippen molar-refractivity contribution in [2.45, 2.75) is 17.8 Å². The molecular weight excluding hydrogens is 331 g/mol. The monoisotopic (exact) mass is 342 g/mol. The van der Waals surface area contributed by atoms with Crippen LogP contribution in [0.2, 0.25) is 0 Å². The van der Waals surface area contributed by atoms with E-state index in [0.29, 0.717) is 28.2 Å². The maximum absolute atomic E-state index is 14.1. The second-order valence-corrected chi connectivity index (χ2v) is 5.95. The van der Waals surface area contributed by atoms with Gasteiger partial charge in [0.1, 0.15) is 11.5 Å². The van der Waals surface area contributed by atoms with Gasteiger partial charge in [-0.15, -0.1) is 10.2 Å². The highest BCUT2D eigenvalue weighted by atomic mass is 32.2. The number of nitrogens with zero attached hydrogens (tertiary/aromatic N) is 8. The minimum Gasteiger partial charge on any atom is -0.220 e. The van der Waals surface area contributed by atoms with Crippen LogP contribution in [-0.2, 0) is 5.75 Å². The molecule has 8 nitrogen and oxygen atoms in total. The van der Waals surface area contributed by atoms with E-state index in [1.54, 1.807) is 35.1 Å². The average Bonchev–Trinajstić information content (AvgIpc) is 3.21. The molecule has 0 aliphatic heterocycles. The number of benzene rings is 1. The van der Waals surface area contributed by atoms with Crippen LogP contribution in [0.5, 0.6) is 0 Å². The zero-order valence-electron chi connectivity index (χ0n) is 12.5. The Balaban J connectivity index is 1.60. The molecule has 0 saturated heterocycles. The van der Waals surface area contributed by atoms with Gasteiger partial charge in [-0.2, -0.15) is 9.67 Å². The Hall–Kier alpha value is -2.88. The van der Waals surface area contributed by atoms with Crippen LogP contribution >= 0.6 is 11.8 Å². The third-order valence-corrected chi connectivity index (χ3v) is 4.13. The summed E-state index contributed by atoms with van der Waals surface area (Å²) in [5, 5.41) is 16.4. The quantitative estimate of drug-likeness (QED) is 0.523. The fourth-order valence-electron chi connectivity index (χ4n) is 2.17. The van der Waals surface area contributed by atoms with E-state index < -0.39 is 0 Å². The third kappa shape index (κ3) is 2.71. The largest absolute Gasteiger partial charge is 0.253 e. The fraction of sp³-hybridized carbons (Fsp3) is 0.143. The predicted molar refractivity (Wildman–Crippen MR) is 84.2 cm³/mol. The Labute approximate surface area is 139 Å². The van der Waals surface area contributed by atoms with Crippen LogP contribution in [0.3, 0.4) is 0 Å². The molecule has 24 heavy (non-hydrogen) atoms. The van der Waals surface area contributed by atoms with Gasteiger partial charge in [0.2, 0.25) is 5.16 Å². The van der Waals surface area contributed by atoms with Gasteiger partial charge in [-0.25, -0.2) is 13.9 Å². The van der Waals surface area contributed by atoms with E-state index in [2.05, 4.69) is 30.6 Å². The van der Waals surface area contributed by atoms with Gasteiger partial charge in [-0.1, -0.05) is 17.8 Å². The smallest absolute Gasteiger partial charge is 0.220 e. The van der Waals surface area contributed by atoms with Crippen LogP contribution in [0.1, 0.15) is 11.4 Å². The lowest BCUT2D eigenvalue weighted by Crippen LogP contribution is -2.05. The molecular formula is C14H11FN8S. The van der Waals surface area contributed by atoms with Gasteiger partial charge >= 0.3 is 0 Å². The second kappa shape index (κ2) is 5.96. The van der Waals surface area contributed by atoms with Crippen molar-refractivity contribution in [1.82, 2.24) is 39.8 Å². The fourth-order valence-corrected chi connectivity index (χ4v) is 2.90. The summed E-state index contributed by atoms with van der Waals surface area (Å²) < 4.78 is 17.0. The Morgan fingerprint density at radius 3 is 3.08 bits per heavy atom. The molecule has 0 atom stereocenters. The van der Waals surface area contributed by atoms with Crippen LogP contribution in [-0.4, -0.2) is 39.8 Å². The highest BCUT2D eigenvalue weighted by Crippen LogP contribution is 2.21. The maximum Gasteiger partial charge on any atom is 0.253 e. The van der Waals surface area contributed by atoms with Crippen molar-refractivity contribution in [2.75, 3.05) is 0 Å². The zero-order chi connectivity index (χ0) is 16.5. The number of fused-ring (bicyclic) bond motifs is 1. The summed E-state index contributed by atoms with van der Waals surface area (Å²) in [6, 6.07) is 6.58. The van der Waals surface area contributed by atoms with Crippen molar-refractivity contribution in [2.24, 2.45) is 0 Å². The first-order valence-corrected chi connectivity index (χ1v) is 8.03. The Morgan fingerprint density at radius 1 is 1.29 bits per heavy atom. The normalized spacial score (nSPS) is 11.2. The number of halogens is 1. The van der Waals surface area contributed by atoms with E-state index in [4.69, 9.17) is 0 Å². The van der Waals surface area contributed by atoms with Crippen molar-refractivity contribution in [3.8, 4) is 5.69 Å². The highest BCUT2D eigenvalue weighted by molar-refractivity contribution is 7.98. The van der Waals surface area contributed by atoms with Gasteiger partial charge in [0, 0.05) is 12.4 Å². The molecule has 4 aromatic rings. The number of rotatable bonds is 4. The van der Waals surface area contributed by atoms with Crippen LogP contribution < -0.4 is 0 Å². The molecule has 0 amide bonds. The first kappa shape index (κ1) is 14.7. The van der Waals surface area contributed by atoms with Crippen molar-refractivity contribution in [3.63, 3.8) is 0 Å². The molecule has 0 spiro atoms. The molecule has 0 N–H and O–H groups in total. The standard InChI is InChI=1S/C14H11FN8S/c1-9-3-4-10(15)11(7-9)23-12(18-20-21-23)8-24-14-17-13-16-5-2-6-22(13)19-14/h2-7H,8H2,1H3. The van der Waals surface area contributed by atoms with E-state index in [1.165, 1.54) is 22.5 Å². The summed E-state index contributed by atoms with van der Waals surface area (Å²) in [7, 11) is 0. The molecule has 0 aliphatic rings. The zero-order valence-corrected chi connectivity index (χ0v) is 13.4. The predicted octanol–water partition coefficient (Wildman–Crippen LogP) is 1.84. The summed E-state index contributed by atoms with van der Waals surface area (Å²) in [6.07, 6.45) is 3.42. The molecule has 10 heteroatoms. The van der Waals surface area contributed by atoms with Gasteiger partial charge < -0.3 is 0 Å². The van der Waals surface area contributed by atoms with Crippen molar-refractivity contribution in [1.29, 1.82) is 0 Å². The first-order chi connectivity index (χ1) is 11.7. The lowest BCUT2D eigenvalue weighted by molar-refractivity contribution is 0.603. The second-order valence-electron chi connectivity index (χ2n) is 5.01. The number of hydrogen-bond acceptors (Lipinski definition) is 7. The lowest BCUT2D eigenvalue weighted by atomic mass is 10.2. The van der Waals surface area contributed by atoms with Crippen molar-refractivity contribution >= 4 is 17.5 Å². The number of thioether (sulfide) groups is 1. The topological polar surface area (TPSA) is 86.7 Å². The Bertz CT molecular complexity index is 978. The van der Waals surface area contributed by atoms with Gasteiger partial charge in [-0.3, -0.25) is 0 Å². The highest BCUT2D eigenvalue weighted by Gasteiger charge is 2.14. The number of aryl methyl sites for hydroxylation is 1. The summed E-state index contributed by atoms with van der Waals surface area (Å²) in [5.74, 6) is 1.05. The Morgan fingerprint density at radius 2 is 2.21 bits per heavy atom. The van der Waals surface area contributed by atoms with E-state index in [9.17, 15) is 4.39 Å². The maximum atomic E-state index is 14.1. The minimum atomic E-state index is -0.380. The molecule has 0 saturated carbocycles. The number of hydrogen-bond donors (Lipinski definition) is 0. The van der Waals surface area contributed by atoms with Crippen LogP contribution in [0, 0.1) is 12.7 Å². The molecule has 3 heterocycles. The van der Waals surface area contributed by atoms with Crippen molar-refractivity contribution in [3.05, 3.63) is 53.9 Å².